The number of halogens is 1. The maximum absolute atomic E-state index is 13.6. The van der Waals surface area contributed by atoms with Crippen molar-refractivity contribution >= 4 is 23.1 Å². The molecule has 0 N–H and O–H groups in total. The van der Waals surface area contributed by atoms with E-state index in [4.69, 9.17) is 0 Å². The van der Waals surface area contributed by atoms with E-state index in [1.807, 2.05) is 16.7 Å². The number of hydrogen-bond acceptors (Lipinski definition) is 4. The zero-order valence-electron chi connectivity index (χ0n) is 10.3. The molecule has 2 atom stereocenters. The SMILES string of the molecule is CC1CN(c2cccc(F)c2[N+](=O)[O-])CC(C)S1. The van der Waals surface area contributed by atoms with Gasteiger partial charge in [-0.15, -0.1) is 0 Å². The molecule has 0 spiro atoms. The largest absolute Gasteiger partial charge is 0.364 e. The molecule has 0 aliphatic carbocycles. The number of hydrogen-bond donors (Lipinski definition) is 0. The summed E-state index contributed by atoms with van der Waals surface area (Å²) < 4.78 is 13.6. The van der Waals surface area contributed by atoms with Crippen LogP contribution >= 0.6 is 11.8 Å². The maximum atomic E-state index is 13.6. The molecule has 1 aromatic rings. The summed E-state index contributed by atoms with van der Waals surface area (Å²) in [5, 5.41) is 11.8. The molecule has 1 heterocycles. The molecule has 1 aromatic carbocycles. The van der Waals surface area contributed by atoms with Crippen molar-refractivity contribution in [3.05, 3.63) is 34.1 Å². The average molecular weight is 270 g/mol. The van der Waals surface area contributed by atoms with Crippen LogP contribution < -0.4 is 4.90 Å². The first-order valence-electron chi connectivity index (χ1n) is 5.82. The standard InChI is InChI=1S/C12H15FN2O2S/c1-8-6-14(7-9(2)18-8)11-5-3-4-10(13)12(11)15(16)17/h3-5,8-9H,6-7H2,1-2H3. The van der Waals surface area contributed by atoms with Gasteiger partial charge in [-0.25, -0.2) is 0 Å². The smallest absolute Gasteiger partial charge is 0.327 e. The maximum Gasteiger partial charge on any atom is 0.327 e. The van der Waals surface area contributed by atoms with Crippen LogP contribution in [0.15, 0.2) is 18.2 Å². The molecule has 0 bridgehead atoms. The van der Waals surface area contributed by atoms with Gasteiger partial charge in [-0.05, 0) is 12.1 Å². The number of nitrogens with zero attached hydrogens (tertiary/aromatic N) is 2. The summed E-state index contributed by atoms with van der Waals surface area (Å²) in [6.07, 6.45) is 0. The van der Waals surface area contributed by atoms with Gasteiger partial charge >= 0.3 is 5.69 Å². The fourth-order valence-electron chi connectivity index (χ4n) is 2.31. The highest BCUT2D eigenvalue weighted by Gasteiger charge is 2.29. The first-order chi connectivity index (χ1) is 8.49. The molecule has 18 heavy (non-hydrogen) atoms. The number of nitro benzene ring substituents is 1. The predicted molar refractivity (Wildman–Crippen MR) is 71.8 cm³/mol. The minimum atomic E-state index is -0.768. The summed E-state index contributed by atoms with van der Waals surface area (Å²) in [5.74, 6) is -0.768. The minimum Gasteiger partial charge on any atom is -0.364 e. The molecule has 1 saturated heterocycles. The first-order valence-corrected chi connectivity index (χ1v) is 6.76. The zero-order chi connectivity index (χ0) is 13.3. The van der Waals surface area contributed by atoms with Gasteiger partial charge in [-0.1, -0.05) is 19.9 Å². The highest BCUT2D eigenvalue weighted by atomic mass is 32.2. The molecule has 0 saturated carbocycles. The van der Waals surface area contributed by atoms with Crippen LogP contribution in [-0.4, -0.2) is 28.5 Å². The van der Waals surface area contributed by atoms with Crippen molar-refractivity contribution < 1.29 is 9.31 Å². The highest BCUT2D eigenvalue weighted by molar-refractivity contribution is 8.00. The molecule has 0 aromatic heterocycles. The Morgan fingerprint density at radius 3 is 2.56 bits per heavy atom. The minimum absolute atomic E-state index is 0.386. The number of rotatable bonds is 2. The Labute approximate surface area is 109 Å². The Morgan fingerprint density at radius 1 is 1.39 bits per heavy atom. The van der Waals surface area contributed by atoms with E-state index in [2.05, 4.69) is 13.8 Å². The summed E-state index contributed by atoms with van der Waals surface area (Å²) >= 11 is 1.85. The zero-order valence-corrected chi connectivity index (χ0v) is 11.1. The van der Waals surface area contributed by atoms with E-state index in [1.165, 1.54) is 6.07 Å². The monoisotopic (exact) mass is 270 g/mol. The first kappa shape index (κ1) is 13.1. The quantitative estimate of drug-likeness (QED) is 0.612. The molecule has 98 valence electrons. The summed E-state index contributed by atoms with van der Waals surface area (Å²) in [6.45, 7) is 5.58. The molecule has 6 heteroatoms. The van der Waals surface area contributed by atoms with Gasteiger partial charge in [-0.2, -0.15) is 16.2 Å². The lowest BCUT2D eigenvalue weighted by Gasteiger charge is -2.35. The van der Waals surface area contributed by atoms with Gasteiger partial charge in [0.25, 0.3) is 0 Å². The number of benzene rings is 1. The Kier molecular flexibility index (Phi) is 3.75. The van der Waals surface area contributed by atoms with E-state index >= 15 is 0 Å². The van der Waals surface area contributed by atoms with Gasteiger partial charge < -0.3 is 4.90 Å². The van der Waals surface area contributed by atoms with Gasteiger partial charge in [0, 0.05) is 23.6 Å². The Hall–Kier alpha value is -1.30. The second-order valence-corrected chi connectivity index (χ2v) is 6.41. The van der Waals surface area contributed by atoms with E-state index in [1.54, 1.807) is 6.07 Å². The van der Waals surface area contributed by atoms with Crippen LogP contribution in [0.1, 0.15) is 13.8 Å². The van der Waals surface area contributed by atoms with Gasteiger partial charge in [0.2, 0.25) is 5.82 Å². The van der Waals surface area contributed by atoms with Crippen LogP contribution in [-0.2, 0) is 0 Å². The molecule has 4 nitrogen and oxygen atoms in total. The highest BCUT2D eigenvalue weighted by Crippen LogP contribution is 2.35. The number of thioether (sulfide) groups is 1. The molecule has 1 aliphatic rings. The second-order valence-electron chi connectivity index (χ2n) is 4.53. The van der Waals surface area contributed by atoms with Crippen molar-refractivity contribution in [2.24, 2.45) is 0 Å². The molecule has 2 unspecified atom stereocenters. The fraction of sp³-hybridized carbons (Fsp3) is 0.500. The van der Waals surface area contributed by atoms with Crippen LogP contribution in [0.3, 0.4) is 0 Å². The van der Waals surface area contributed by atoms with E-state index in [-0.39, 0.29) is 0 Å². The van der Waals surface area contributed by atoms with Crippen molar-refractivity contribution in [1.82, 2.24) is 0 Å². The van der Waals surface area contributed by atoms with Gasteiger partial charge in [0.1, 0.15) is 5.69 Å². The van der Waals surface area contributed by atoms with E-state index in [0.717, 1.165) is 6.07 Å². The van der Waals surface area contributed by atoms with Crippen LogP contribution in [0.5, 0.6) is 0 Å². The molecule has 2 rings (SSSR count). The molecule has 1 fully saturated rings. The summed E-state index contributed by atoms with van der Waals surface area (Å²) in [4.78, 5) is 12.3. The third kappa shape index (κ3) is 2.58. The molecule has 1 aliphatic heterocycles. The Balaban J connectivity index is 2.38. The lowest BCUT2D eigenvalue weighted by Crippen LogP contribution is -2.40. The van der Waals surface area contributed by atoms with Crippen LogP contribution in [0.2, 0.25) is 0 Å². The van der Waals surface area contributed by atoms with E-state index in [9.17, 15) is 14.5 Å². The Morgan fingerprint density at radius 2 is 2.00 bits per heavy atom. The van der Waals surface area contributed by atoms with E-state index < -0.39 is 16.4 Å². The second kappa shape index (κ2) is 5.14. The van der Waals surface area contributed by atoms with Crippen molar-refractivity contribution in [2.45, 2.75) is 24.3 Å². The average Bonchev–Trinajstić information content (AvgIpc) is 2.26. The topological polar surface area (TPSA) is 46.4 Å². The van der Waals surface area contributed by atoms with E-state index in [0.29, 0.717) is 29.3 Å². The molecular weight excluding hydrogens is 255 g/mol. The third-order valence-electron chi connectivity index (χ3n) is 2.91. The fourth-order valence-corrected chi connectivity index (χ4v) is 3.64. The van der Waals surface area contributed by atoms with Crippen molar-refractivity contribution in [2.75, 3.05) is 18.0 Å². The third-order valence-corrected chi connectivity index (χ3v) is 4.14. The van der Waals surface area contributed by atoms with Gasteiger partial charge in [0.05, 0.1) is 4.92 Å². The normalized spacial score (nSPS) is 24.1. The lowest BCUT2D eigenvalue weighted by atomic mass is 10.2. The van der Waals surface area contributed by atoms with Gasteiger partial charge in [-0.3, -0.25) is 10.1 Å². The molecular formula is C12H15FN2O2S. The Bertz CT molecular complexity index is 459. The lowest BCUT2D eigenvalue weighted by molar-refractivity contribution is -0.386. The summed E-state index contributed by atoms with van der Waals surface area (Å²) in [6, 6.07) is 4.28. The van der Waals surface area contributed by atoms with Crippen LogP contribution in [0, 0.1) is 15.9 Å². The summed E-state index contributed by atoms with van der Waals surface area (Å²) in [7, 11) is 0. The van der Waals surface area contributed by atoms with Crippen LogP contribution in [0.4, 0.5) is 15.8 Å². The van der Waals surface area contributed by atoms with Crippen molar-refractivity contribution in [3.63, 3.8) is 0 Å². The number of anilines is 1. The number of para-hydroxylation sites is 1. The molecule has 0 radical (unpaired) electrons. The van der Waals surface area contributed by atoms with Crippen LogP contribution in [0.25, 0.3) is 0 Å². The van der Waals surface area contributed by atoms with Crippen molar-refractivity contribution in [3.8, 4) is 0 Å². The predicted octanol–water partition coefficient (Wildman–Crippen LogP) is 3.06. The number of nitro groups is 1. The van der Waals surface area contributed by atoms with Crippen molar-refractivity contribution in [1.29, 1.82) is 0 Å². The van der Waals surface area contributed by atoms with Gasteiger partial charge in [0.15, 0.2) is 0 Å². The summed E-state index contributed by atoms with van der Waals surface area (Å²) in [5.41, 5.74) is -0.0252. The molecule has 0 amide bonds.